The van der Waals surface area contributed by atoms with Crippen molar-refractivity contribution in [2.24, 2.45) is 17.2 Å². The highest BCUT2D eigenvalue weighted by molar-refractivity contribution is 5.93. The zero-order valence-corrected chi connectivity index (χ0v) is 21.9. The fraction of sp³-hybridized carbons (Fsp3) is 0.400. The van der Waals surface area contributed by atoms with E-state index in [1.165, 1.54) is 0 Å². The van der Waals surface area contributed by atoms with E-state index in [2.05, 4.69) is 12.4 Å². The molecule has 7 heteroatoms. The lowest BCUT2D eigenvalue weighted by Gasteiger charge is -2.34. The topological polar surface area (TPSA) is 124 Å². The van der Waals surface area contributed by atoms with Gasteiger partial charge in [0.2, 0.25) is 5.91 Å². The van der Waals surface area contributed by atoms with E-state index < -0.39 is 12.1 Å². The maximum Gasteiger partial charge on any atom is 0.237 e. The molecule has 0 aliphatic heterocycles. The molecule has 0 saturated carbocycles. The lowest BCUT2D eigenvalue weighted by atomic mass is 9.96. The number of nitrogens with two attached hydrogens (primary N) is 3. The van der Waals surface area contributed by atoms with Crippen LogP contribution in [0.1, 0.15) is 24.0 Å². The number of nitrogens with zero attached hydrogens (tertiary/aromatic N) is 1. The van der Waals surface area contributed by atoms with Crippen LogP contribution < -0.4 is 22.5 Å². The summed E-state index contributed by atoms with van der Waals surface area (Å²) in [6.07, 6.45) is 1.98. The van der Waals surface area contributed by atoms with Gasteiger partial charge in [-0.05, 0) is 41.2 Å². The van der Waals surface area contributed by atoms with E-state index in [0.29, 0.717) is 25.9 Å². The fourth-order valence-electron chi connectivity index (χ4n) is 4.83. The number of quaternary nitrogens is 1. The Kier molecular flexibility index (Phi) is 10.8. The van der Waals surface area contributed by atoms with Crippen molar-refractivity contribution in [1.82, 2.24) is 5.32 Å². The highest BCUT2D eigenvalue weighted by Crippen LogP contribution is 2.17. The molecule has 2 atom stereocenters. The molecule has 1 amide bonds. The van der Waals surface area contributed by atoms with Gasteiger partial charge in [0.1, 0.15) is 0 Å². The molecule has 0 fully saturated rings. The minimum atomic E-state index is -0.684. The van der Waals surface area contributed by atoms with Gasteiger partial charge in [-0.15, -0.1) is 0 Å². The van der Waals surface area contributed by atoms with E-state index in [-0.39, 0.29) is 18.1 Å². The van der Waals surface area contributed by atoms with Gasteiger partial charge in [0.25, 0.3) is 0 Å². The monoisotopic (exact) mass is 504 g/mol. The standard InChI is InChI=1S/C30H41N5O2/c1-35(18-15-31,19-16-32)17-7-12-27(33)30(37)34-28(21-23-8-3-2-4-9-23)29(36)22-24-13-14-25-10-5-6-11-26(25)20-24/h2-6,8-11,13-14,20,27-28H,7,12,15-19,21-22,31-33H2,1H3/p+1/t27-,28-/m0/s1. The Morgan fingerprint density at radius 2 is 1.49 bits per heavy atom. The summed E-state index contributed by atoms with van der Waals surface area (Å²) < 4.78 is 0.766. The van der Waals surface area contributed by atoms with Crippen molar-refractivity contribution >= 4 is 22.5 Å². The van der Waals surface area contributed by atoms with Gasteiger partial charge in [-0.25, -0.2) is 0 Å². The van der Waals surface area contributed by atoms with E-state index in [1.54, 1.807) is 0 Å². The van der Waals surface area contributed by atoms with Gasteiger partial charge in [-0.3, -0.25) is 9.59 Å². The predicted molar refractivity (Wildman–Crippen MR) is 151 cm³/mol. The number of benzene rings is 3. The van der Waals surface area contributed by atoms with Crippen LogP contribution in [0.15, 0.2) is 72.8 Å². The maximum absolute atomic E-state index is 13.4. The van der Waals surface area contributed by atoms with Crippen molar-refractivity contribution < 1.29 is 14.1 Å². The van der Waals surface area contributed by atoms with Crippen molar-refractivity contribution in [1.29, 1.82) is 0 Å². The summed E-state index contributed by atoms with van der Waals surface area (Å²) in [6, 6.07) is 22.5. The molecule has 3 aromatic carbocycles. The molecule has 0 spiro atoms. The van der Waals surface area contributed by atoms with Gasteiger partial charge in [-0.2, -0.15) is 0 Å². The van der Waals surface area contributed by atoms with Crippen molar-refractivity contribution in [3.8, 4) is 0 Å². The Bertz CT molecular complexity index is 1140. The molecule has 0 aliphatic carbocycles. The minimum absolute atomic E-state index is 0.0326. The normalized spacial score (nSPS) is 13.3. The number of rotatable bonds is 15. The number of amides is 1. The zero-order valence-electron chi connectivity index (χ0n) is 21.9. The molecule has 0 bridgehead atoms. The number of Topliss-reactive ketones (excluding diaryl/α,β-unsaturated/α-hetero) is 1. The van der Waals surface area contributed by atoms with Crippen molar-refractivity contribution in [2.45, 2.75) is 37.8 Å². The molecule has 0 saturated heterocycles. The Morgan fingerprint density at radius 1 is 0.838 bits per heavy atom. The van der Waals surface area contributed by atoms with Crippen LogP contribution in [0.25, 0.3) is 10.8 Å². The maximum atomic E-state index is 13.4. The average molecular weight is 505 g/mol. The number of ketones is 1. The number of carbonyl (C=O) groups excluding carboxylic acids is 2. The Hall–Kier alpha value is -3.10. The summed E-state index contributed by atoms with van der Waals surface area (Å²) in [5, 5.41) is 5.18. The quantitative estimate of drug-likeness (QED) is 0.236. The highest BCUT2D eigenvalue weighted by atomic mass is 16.2. The highest BCUT2D eigenvalue weighted by Gasteiger charge is 2.25. The third kappa shape index (κ3) is 8.76. The van der Waals surface area contributed by atoms with Crippen molar-refractivity contribution in [2.75, 3.05) is 39.8 Å². The smallest absolute Gasteiger partial charge is 0.237 e. The first-order chi connectivity index (χ1) is 17.8. The summed E-state index contributed by atoms with van der Waals surface area (Å²) in [6.45, 7) is 3.69. The predicted octanol–water partition coefficient (Wildman–Crippen LogP) is 2.15. The number of hydrogen-bond donors (Lipinski definition) is 4. The molecule has 7 nitrogen and oxygen atoms in total. The fourth-order valence-corrected chi connectivity index (χ4v) is 4.83. The van der Waals surface area contributed by atoms with E-state index in [4.69, 9.17) is 17.2 Å². The number of fused-ring (bicyclic) bond motifs is 1. The molecule has 0 heterocycles. The summed E-state index contributed by atoms with van der Waals surface area (Å²) in [5.41, 5.74) is 19.7. The van der Waals surface area contributed by atoms with Crippen LogP contribution in [0.3, 0.4) is 0 Å². The van der Waals surface area contributed by atoms with Gasteiger partial charge in [0, 0.05) is 19.5 Å². The van der Waals surface area contributed by atoms with E-state index in [1.807, 2.05) is 72.8 Å². The first-order valence-corrected chi connectivity index (χ1v) is 13.2. The largest absolute Gasteiger partial charge is 0.345 e. The van der Waals surface area contributed by atoms with Gasteiger partial charge in [-0.1, -0.05) is 72.8 Å². The molecule has 7 N–H and O–H groups in total. The number of carbonyl (C=O) groups is 2. The second-order valence-corrected chi connectivity index (χ2v) is 10.2. The minimum Gasteiger partial charge on any atom is -0.345 e. The second kappa shape index (κ2) is 14.0. The lowest BCUT2D eigenvalue weighted by molar-refractivity contribution is -0.907. The Labute approximate surface area is 220 Å². The Morgan fingerprint density at radius 3 is 2.16 bits per heavy atom. The first-order valence-electron chi connectivity index (χ1n) is 13.2. The zero-order chi connectivity index (χ0) is 26.7. The molecule has 198 valence electrons. The van der Waals surface area contributed by atoms with Crippen molar-refractivity contribution in [3.05, 3.63) is 83.9 Å². The number of hydrogen-bond acceptors (Lipinski definition) is 5. The molecule has 37 heavy (non-hydrogen) atoms. The van der Waals surface area contributed by atoms with Gasteiger partial charge in [0.05, 0.1) is 38.8 Å². The Balaban J connectivity index is 1.65. The van der Waals surface area contributed by atoms with E-state index in [0.717, 1.165) is 52.4 Å². The third-order valence-corrected chi connectivity index (χ3v) is 7.07. The molecular formula is C30H42N5O2+. The van der Waals surface area contributed by atoms with Crippen LogP contribution in [0.2, 0.25) is 0 Å². The second-order valence-electron chi connectivity index (χ2n) is 10.2. The number of likely N-dealkylation sites (N-methyl/N-ethyl adjacent to an activating group) is 1. The van der Waals surface area contributed by atoms with Crippen LogP contribution in [-0.4, -0.2) is 68.0 Å². The van der Waals surface area contributed by atoms with Crippen molar-refractivity contribution in [3.63, 3.8) is 0 Å². The van der Waals surface area contributed by atoms with E-state index in [9.17, 15) is 9.59 Å². The average Bonchev–Trinajstić information content (AvgIpc) is 2.89. The van der Waals surface area contributed by atoms with Gasteiger partial charge >= 0.3 is 0 Å². The molecule has 0 aliphatic rings. The number of nitrogens with one attached hydrogen (secondary N) is 1. The molecular weight excluding hydrogens is 462 g/mol. The molecule has 0 unspecified atom stereocenters. The summed E-state index contributed by atoms with van der Waals surface area (Å²) in [5.74, 6) is -0.325. The molecule has 3 rings (SSSR count). The van der Waals surface area contributed by atoms with Crippen LogP contribution in [-0.2, 0) is 22.4 Å². The third-order valence-electron chi connectivity index (χ3n) is 7.07. The van der Waals surface area contributed by atoms with E-state index >= 15 is 0 Å². The summed E-state index contributed by atoms with van der Waals surface area (Å²) in [4.78, 5) is 26.5. The summed E-state index contributed by atoms with van der Waals surface area (Å²) in [7, 11) is 2.13. The molecule has 0 aromatic heterocycles. The first kappa shape index (κ1) is 28.5. The SMILES string of the molecule is C[N+](CCN)(CCN)CCC[C@H](N)C(=O)N[C@@H](Cc1ccccc1)C(=O)Cc1ccc2ccccc2c1. The summed E-state index contributed by atoms with van der Waals surface area (Å²) >= 11 is 0. The van der Waals surface area contributed by atoms with Crippen LogP contribution in [0.4, 0.5) is 0 Å². The van der Waals surface area contributed by atoms with Gasteiger partial charge in [0.15, 0.2) is 5.78 Å². The van der Waals surface area contributed by atoms with Crippen LogP contribution in [0.5, 0.6) is 0 Å². The van der Waals surface area contributed by atoms with Crippen LogP contribution >= 0.6 is 0 Å². The van der Waals surface area contributed by atoms with Crippen LogP contribution in [0, 0.1) is 0 Å². The molecule has 0 radical (unpaired) electrons. The van der Waals surface area contributed by atoms with Gasteiger partial charge < -0.3 is 27.0 Å². The molecule has 3 aromatic rings. The lowest BCUT2D eigenvalue weighted by Crippen LogP contribution is -2.52.